The zero-order valence-electron chi connectivity index (χ0n) is 16.2. The highest BCUT2D eigenvalue weighted by molar-refractivity contribution is 5.80. The lowest BCUT2D eigenvalue weighted by molar-refractivity contribution is -0.106. The van der Waals surface area contributed by atoms with Gasteiger partial charge in [0.2, 0.25) is 0 Å². The summed E-state index contributed by atoms with van der Waals surface area (Å²) < 4.78 is 11.0. The number of rotatable bonds is 6. The zero-order chi connectivity index (χ0) is 18.7. The van der Waals surface area contributed by atoms with E-state index in [1.165, 1.54) is 0 Å². The number of fused-ring (bicyclic) bond motifs is 1. The van der Waals surface area contributed by atoms with Crippen LogP contribution in [0.2, 0.25) is 0 Å². The second kappa shape index (κ2) is 7.74. The quantitative estimate of drug-likeness (QED) is 0.536. The van der Waals surface area contributed by atoms with Crippen molar-refractivity contribution in [2.75, 3.05) is 26.8 Å². The third kappa shape index (κ3) is 3.61. The number of methoxy groups -OCH3 is 1. The van der Waals surface area contributed by atoms with Crippen LogP contribution < -0.4 is 15.4 Å². The zero-order valence-corrected chi connectivity index (χ0v) is 16.2. The van der Waals surface area contributed by atoms with Crippen LogP contribution in [0.5, 0.6) is 11.5 Å². The number of aliphatic imine (C=N–C) groups is 1. The van der Waals surface area contributed by atoms with Crippen molar-refractivity contribution >= 4 is 5.96 Å². The summed E-state index contributed by atoms with van der Waals surface area (Å²) in [6, 6.07) is 5.82. The fourth-order valence-electron chi connectivity index (χ4n) is 4.26. The second-order valence-corrected chi connectivity index (χ2v) is 7.70. The van der Waals surface area contributed by atoms with Gasteiger partial charge in [0.15, 0.2) is 17.5 Å². The van der Waals surface area contributed by atoms with Crippen molar-refractivity contribution in [2.45, 2.75) is 45.8 Å². The van der Waals surface area contributed by atoms with Gasteiger partial charge in [-0.3, -0.25) is 4.99 Å². The molecule has 0 amide bonds. The van der Waals surface area contributed by atoms with Gasteiger partial charge < -0.3 is 25.2 Å². The standard InChI is InChI=1S/C20H31N3O3/c1-5-21-19(23-17-14-9-11-26-18(14)20(17,2)3)22-10-8-13-6-7-15(24)16(12-13)25-4/h6-7,12,14,17-18,24H,5,8-11H2,1-4H3,(H2,21,22,23). The van der Waals surface area contributed by atoms with Crippen LogP contribution in [0.25, 0.3) is 0 Å². The highest BCUT2D eigenvalue weighted by Gasteiger charge is 2.59. The van der Waals surface area contributed by atoms with E-state index in [1.54, 1.807) is 13.2 Å². The fraction of sp³-hybridized carbons (Fsp3) is 0.650. The largest absolute Gasteiger partial charge is 0.504 e. The van der Waals surface area contributed by atoms with E-state index in [4.69, 9.17) is 14.5 Å². The van der Waals surface area contributed by atoms with Gasteiger partial charge in [0.25, 0.3) is 0 Å². The summed E-state index contributed by atoms with van der Waals surface area (Å²) in [5.74, 6) is 2.10. The van der Waals surface area contributed by atoms with Gasteiger partial charge >= 0.3 is 0 Å². The number of hydrogen-bond donors (Lipinski definition) is 3. The maximum Gasteiger partial charge on any atom is 0.191 e. The minimum absolute atomic E-state index is 0.127. The summed E-state index contributed by atoms with van der Waals surface area (Å²) in [6.45, 7) is 8.98. The predicted octanol–water partition coefficient (Wildman–Crippen LogP) is 2.31. The van der Waals surface area contributed by atoms with Crippen molar-refractivity contribution in [3.63, 3.8) is 0 Å². The van der Waals surface area contributed by atoms with Crippen LogP contribution >= 0.6 is 0 Å². The normalized spacial score (nSPS) is 26.8. The molecule has 0 spiro atoms. The van der Waals surface area contributed by atoms with Gasteiger partial charge in [-0.1, -0.05) is 19.9 Å². The number of aromatic hydroxyl groups is 1. The van der Waals surface area contributed by atoms with E-state index in [-0.39, 0.29) is 11.2 Å². The van der Waals surface area contributed by atoms with Crippen molar-refractivity contribution in [3.05, 3.63) is 23.8 Å². The van der Waals surface area contributed by atoms with Gasteiger partial charge in [-0.2, -0.15) is 0 Å². The highest BCUT2D eigenvalue weighted by Crippen LogP contribution is 2.52. The fourth-order valence-corrected chi connectivity index (χ4v) is 4.26. The van der Waals surface area contributed by atoms with Gasteiger partial charge in [0.05, 0.1) is 13.2 Å². The predicted molar refractivity (Wildman–Crippen MR) is 103 cm³/mol. The van der Waals surface area contributed by atoms with Crippen LogP contribution in [0.3, 0.4) is 0 Å². The first-order valence-corrected chi connectivity index (χ1v) is 9.49. The molecular formula is C20H31N3O3. The Balaban J connectivity index is 1.61. The maximum atomic E-state index is 9.69. The average molecular weight is 361 g/mol. The smallest absolute Gasteiger partial charge is 0.191 e. The molecule has 2 fully saturated rings. The maximum absolute atomic E-state index is 9.69. The van der Waals surface area contributed by atoms with Crippen molar-refractivity contribution in [1.29, 1.82) is 0 Å². The second-order valence-electron chi connectivity index (χ2n) is 7.70. The van der Waals surface area contributed by atoms with E-state index >= 15 is 0 Å². The molecule has 3 atom stereocenters. The highest BCUT2D eigenvalue weighted by atomic mass is 16.5. The number of nitrogens with zero attached hydrogens (tertiary/aromatic N) is 1. The molecule has 1 aliphatic heterocycles. The van der Waals surface area contributed by atoms with E-state index < -0.39 is 0 Å². The molecule has 3 unspecified atom stereocenters. The first-order chi connectivity index (χ1) is 12.5. The molecule has 26 heavy (non-hydrogen) atoms. The van der Waals surface area contributed by atoms with E-state index in [0.717, 1.165) is 37.5 Å². The van der Waals surface area contributed by atoms with Crippen LogP contribution in [0.4, 0.5) is 0 Å². The Hall–Kier alpha value is -1.95. The van der Waals surface area contributed by atoms with Crippen molar-refractivity contribution in [1.82, 2.24) is 10.6 Å². The minimum atomic E-state index is 0.127. The van der Waals surface area contributed by atoms with Gasteiger partial charge in [-0.05, 0) is 37.5 Å². The summed E-state index contributed by atoms with van der Waals surface area (Å²) in [6.07, 6.45) is 2.28. The molecule has 0 bridgehead atoms. The number of guanidine groups is 1. The monoisotopic (exact) mass is 361 g/mol. The van der Waals surface area contributed by atoms with Gasteiger partial charge in [-0.25, -0.2) is 0 Å². The van der Waals surface area contributed by atoms with Crippen LogP contribution in [-0.2, 0) is 11.2 Å². The number of ether oxygens (including phenoxy) is 2. The first kappa shape index (κ1) is 18.8. The molecule has 6 nitrogen and oxygen atoms in total. The van der Waals surface area contributed by atoms with E-state index in [2.05, 4.69) is 31.4 Å². The molecule has 1 heterocycles. The van der Waals surface area contributed by atoms with Crippen LogP contribution in [0, 0.1) is 11.3 Å². The molecule has 2 aliphatic rings. The van der Waals surface area contributed by atoms with Crippen molar-refractivity contribution in [2.24, 2.45) is 16.3 Å². The molecule has 0 radical (unpaired) electrons. The summed E-state index contributed by atoms with van der Waals surface area (Å²) in [5.41, 5.74) is 1.22. The van der Waals surface area contributed by atoms with Gasteiger partial charge in [-0.15, -0.1) is 0 Å². The van der Waals surface area contributed by atoms with Crippen LogP contribution in [0.1, 0.15) is 32.8 Å². The molecule has 3 rings (SSSR count). The Kier molecular flexibility index (Phi) is 5.61. The molecule has 1 saturated heterocycles. The molecular weight excluding hydrogens is 330 g/mol. The molecule has 1 saturated carbocycles. The Morgan fingerprint density at radius 2 is 2.23 bits per heavy atom. The molecule has 1 aromatic carbocycles. The number of benzene rings is 1. The number of phenolic OH excluding ortho intramolecular Hbond substituents is 1. The van der Waals surface area contributed by atoms with Crippen LogP contribution in [0.15, 0.2) is 23.2 Å². The molecule has 0 aromatic heterocycles. The number of hydrogen-bond acceptors (Lipinski definition) is 4. The van der Waals surface area contributed by atoms with E-state index in [0.29, 0.717) is 30.4 Å². The minimum Gasteiger partial charge on any atom is -0.504 e. The van der Waals surface area contributed by atoms with Gasteiger partial charge in [0.1, 0.15) is 0 Å². The van der Waals surface area contributed by atoms with E-state index in [9.17, 15) is 5.11 Å². The van der Waals surface area contributed by atoms with Crippen molar-refractivity contribution < 1.29 is 14.6 Å². The van der Waals surface area contributed by atoms with Gasteiger partial charge in [0, 0.05) is 37.1 Å². The summed E-state index contributed by atoms with van der Waals surface area (Å²) >= 11 is 0. The van der Waals surface area contributed by atoms with Crippen LogP contribution in [-0.4, -0.2) is 50.0 Å². The molecule has 6 heteroatoms. The Morgan fingerprint density at radius 3 is 2.96 bits per heavy atom. The molecule has 3 N–H and O–H groups in total. The van der Waals surface area contributed by atoms with E-state index in [1.807, 2.05) is 12.1 Å². The Labute approximate surface area is 156 Å². The summed E-state index contributed by atoms with van der Waals surface area (Å²) in [5, 5.41) is 16.7. The summed E-state index contributed by atoms with van der Waals surface area (Å²) in [4.78, 5) is 4.74. The topological polar surface area (TPSA) is 75.1 Å². The first-order valence-electron chi connectivity index (χ1n) is 9.49. The Morgan fingerprint density at radius 1 is 1.42 bits per heavy atom. The summed E-state index contributed by atoms with van der Waals surface area (Å²) in [7, 11) is 1.56. The molecule has 144 valence electrons. The molecule has 1 aromatic rings. The SMILES string of the molecule is CCNC(=NCCc1ccc(O)c(OC)c1)NC1C2CCOC2C1(C)C. The lowest BCUT2D eigenvalue weighted by Gasteiger charge is -2.54. The number of phenols is 1. The molecule has 1 aliphatic carbocycles. The lowest BCUT2D eigenvalue weighted by Crippen LogP contribution is -2.68. The third-order valence-corrected chi connectivity index (χ3v) is 5.65. The Bertz CT molecular complexity index is 660. The average Bonchev–Trinajstić information content (AvgIpc) is 3.08. The van der Waals surface area contributed by atoms with Crippen molar-refractivity contribution in [3.8, 4) is 11.5 Å². The lowest BCUT2D eigenvalue weighted by atomic mass is 9.57. The number of nitrogens with one attached hydrogen (secondary N) is 2. The third-order valence-electron chi connectivity index (χ3n) is 5.65.